The van der Waals surface area contributed by atoms with Crippen molar-refractivity contribution >= 4 is 36.2 Å². The van der Waals surface area contributed by atoms with E-state index in [0.717, 1.165) is 5.56 Å². The van der Waals surface area contributed by atoms with Gasteiger partial charge in [-0.25, -0.2) is 4.98 Å². The molecule has 3 aromatic rings. The molecule has 178 valence electrons. The van der Waals surface area contributed by atoms with Gasteiger partial charge in [0.15, 0.2) is 23.2 Å². The van der Waals surface area contributed by atoms with Crippen molar-refractivity contribution in [2.45, 2.75) is 38.3 Å². The standard InChI is InChI=1S/C20H25ClN5O6P/c1-11-14(8-31-10-33(28,29)30)32-19(16(11)27)26-9-22-15-17(24-20(21)25-18(15)26)23-12(2)13-6-4-3-5-7-13/h3-7,9,11-12,14,16,19,27H,8,10H2,1-2H3,(H,23,24,25)(H2,28,29,30)/t11-,12+,14-,16-,19-/m1/s1. The average Bonchev–Trinajstić information content (AvgIpc) is 3.29. The largest absolute Gasteiger partial charge is 0.388 e. The monoisotopic (exact) mass is 497 g/mol. The van der Waals surface area contributed by atoms with Crippen LogP contribution in [-0.4, -0.2) is 59.6 Å². The zero-order chi connectivity index (χ0) is 23.8. The SMILES string of the molecule is C[C@H]1[C@@H](O)[C@H](n2cnc3c(N[C@@H](C)c4ccccc4)nc(Cl)nc32)O[C@@H]1COCP(=O)(O)O. The number of fused-ring (bicyclic) bond motifs is 1. The summed E-state index contributed by atoms with van der Waals surface area (Å²) in [5.41, 5.74) is 1.90. The number of aliphatic hydroxyl groups excluding tert-OH is 1. The van der Waals surface area contributed by atoms with Crippen LogP contribution in [0.5, 0.6) is 0 Å². The highest BCUT2D eigenvalue weighted by molar-refractivity contribution is 7.51. The summed E-state index contributed by atoms with van der Waals surface area (Å²) in [7, 11) is -4.29. The van der Waals surface area contributed by atoms with Crippen LogP contribution >= 0.6 is 19.2 Å². The molecule has 1 aromatic carbocycles. The first-order valence-corrected chi connectivity index (χ1v) is 12.5. The number of rotatable bonds is 8. The molecular weight excluding hydrogens is 473 g/mol. The predicted octanol–water partition coefficient (Wildman–Crippen LogP) is 2.70. The Morgan fingerprint density at radius 2 is 2.03 bits per heavy atom. The molecule has 3 heterocycles. The van der Waals surface area contributed by atoms with Crippen LogP contribution in [-0.2, 0) is 14.0 Å². The van der Waals surface area contributed by atoms with Crippen molar-refractivity contribution in [1.29, 1.82) is 0 Å². The van der Waals surface area contributed by atoms with Crippen molar-refractivity contribution in [3.8, 4) is 0 Å². The van der Waals surface area contributed by atoms with Gasteiger partial charge in [0.25, 0.3) is 0 Å². The molecule has 11 nitrogen and oxygen atoms in total. The number of anilines is 1. The molecule has 0 radical (unpaired) electrons. The highest BCUT2D eigenvalue weighted by Gasteiger charge is 2.43. The van der Waals surface area contributed by atoms with Crippen molar-refractivity contribution < 1.29 is 28.9 Å². The van der Waals surface area contributed by atoms with E-state index < -0.39 is 32.4 Å². The summed E-state index contributed by atoms with van der Waals surface area (Å²) in [5, 5.41) is 14.1. The van der Waals surface area contributed by atoms with Crippen LogP contribution in [0, 0.1) is 5.92 Å². The molecule has 4 rings (SSSR count). The smallest absolute Gasteiger partial charge is 0.350 e. The molecule has 2 aromatic heterocycles. The number of ether oxygens (including phenoxy) is 2. The van der Waals surface area contributed by atoms with E-state index >= 15 is 0 Å². The normalized spacial score (nSPS) is 24.3. The minimum Gasteiger partial charge on any atom is -0.388 e. The van der Waals surface area contributed by atoms with E-state index in [9.17, 15) is 9.67 Å². The quantitative estimate of drug-likeness (QED) is 0.270. The maximum atomic E-state index is 11.0. The number of benzene rings is 1. The van der Waals surface area contributed by atoms with E-state index in [4.69, 9.17) is 30.9 Å². The van der Waals surface area contributed by atoms with Gasteiger partial charge in [-0.15, -0.1) is 0 Å². The van der Waals surface area contributed by atoms with E-state index in [0.29, 0.717) is 17.0 Å². The number of imidazole rings is 1. The van der Waals surface area contributed by atoms with Crippen molar-refractivity contribution in [2.24, 2.45) is 5.92 Å². The molecule has 5 atom stereocenters. The Bertz CT molecular complexity index is 1160. The van der Waals surface area contributed by atoms with Gasteiger partial charge in [0, 0.05) is 5.92 Å². The summed E-state index contributed by atoms with van der Waals surface area (Å²) in [4.78, 5) is 30.9. The third kappa shape index (κ3) is 5.36. The summed E-state index contributed by atoms with van der Waals surface area (Å²) < 4.78 is 23.6. The van der Waals surface area contributed by atoms with Gasteiger partial charge < -0.3 is 29.7 Å². The minimum atomic E-state index is -4.29. The molecular formula is C20H25ClN5O6P. The lowest BCUT2D eigenvalue weighted by Gasteiger charge is -2.18. The van der Waals surface area contributed by atoms with Crippen molar-refractivity contribution in [1.82, 2.24) is 19.5 Å². The molecule has 0 unspecified atom stereocenters. The first-order chi connectivity index (χ1) is 15.6. The molecule has 1 aliphatic rings. The molecule has 0 bridgehead atoms. The van der Waals surface area contributed by atoms with Gasteiger partial charge in [-0.3, -0.25) is 9.13 Å². The van der Waals surface area contributed by atoms with E-state index in [2.05, 4.69) is 20.3 Å². The van der Waals surface area contributed by atoms with Gasteiger partial charge in [0.2, 0.25) is 5.28 Å². The van der Waals surface area contributed by atoms with Crippen LogP contribution in [0.4, 0.5) is 5.82 Å². The number of nitrogens with zero attached hydrogens (tertiary/aromatic N) is 4. The van der Waals surface area contributed by atoms with E-state index in [1.165, 1.54) is 6.33 Å². The Morgan fingerprint density at radius 3 is 2.73 bits per heavy atom. The third-order valence-electron chi connectivity index (χ3n) is 5.59. The summed E-state index contributed by atoms with van der Waals surface area (Å²) in [6, 6.07) is 9.75. The number of aliphatic hydroxyl groups is 1. The number of aromatic nitrogens is 4. The molecule has 0 aliphatic carbocycles. The first-order valence-electron chi connectivity index (χ1n) is 10.3. The summed E-state index contributed by atoms with van der Waals surface area (Å²) in [6.07, 6.45) is -1.57. The Kier molecular flexibility index (Phi) is 7.01. The summed E-state index contributed by atoms with van der Waals surface area (Å²) in [5.74, 6) is 0.0828. The fourth-order valence-corrected chi connectivity index (χ4v) is 4.29. The van der Waals surface area contributed by atoms with E-state index in [1.54, 1.807) is 11.5 Å². The molecule has 1 fully saturated rings. The topological polar surface area (TPSA) is 152 Å². The van der Waals surface area contributed by atoms with Gasteiger partial charge >= 0.3 is 7.60 Å². The van der Waals surface area contributed by atoms with Crippen LogP contribution in [0.3, 0.4) is 0 Å². The summed E-state index contributed by atoms with van der Waals surface area (Å²) in [6.45, 7) is 3.68. The molecule has 13 heteroatoms. The molecule has 0 amide bonds. The maximum absolute atomic E-state index is 11.0. The predicted molar refractivity (Wildman–Crippen MR) is 121 cm³/mol. The molecule has 33 heavy (non-hydrogen) atoms. The second-order valence-electron chi connectivity index (χ2n) is 8.02. The Balaban J connectivity index is 1.57. The zero-order valence-electron chi connectivity index (χ0n) is 17.9. The second kappa shape index (κ2) is 9.63. The second-order valence-corrected chi connectivity index (χ2v) is 9.95. The van der Waals surface area contributed by atoms with Gasteiger partial charge in [0.05, 0.1) is 25.1 Å². The first kappa shape index (κ1) is 24.0. The lowest BCUT2D eigenvalue weighted by Crippen LogP contribution is -2.26. The number of hydrogen-bond acceptors (Lipinski definition) is 8. The Hall–Kier alpha value is -2.11. The Morgan fingerprint density at radius 1 is 1.30 bits per heavy atom. The van der Waals surface area contributed by atoms with Crippen LogP contribution in [0.25, 0.3) is 11.2 Å². The lowest BCUT2D eigenvalue weighted by atomic mass is 10.0. The lowest BCUT2D eigenvalue weighted by molar-refractivity contribution is -0.0577. The highest BCUT2D eigenvalue weighted by Crippen LogP contribution is 2.38. The molecule has 0 saturated carbocycles. The highest BCUT2D eigenvalue weighted by atomic mass is 35.5. The van der Waals surface area contributed by atoms with Crippen LogP contribution < -0.4 is 5.32 Å². The minimum absolute atomic E-state index is 0.00840. The number of hydrogen-bond donors (Lipinski definition) is 4. The molecule has 4 N–H and O–H groups in total. The number of halogens is 1. The van der Waals surface area contributed by atoms with E-state index in [1.807, 2.05) is 37.3 Å². The molecule has 1 aliphatic heterocycles. The van der Waals surface area contributed by atoms with Crippen LogP contribution in [0.15, 0.2) is 36.7 Å². The van der Waals surface area contributed by atoms with Gasteiger partial charge in [-0.2, -0.15) is 9.97 Å². The zero-order valence-corrected chi connectivity index (χ0v) is 19.6. The Labute approximate surface area is 194 Å². The maximum Gasteiger partial charge on any atom is 0.350 e. The number of nitrogens with one attached hydrogen (secondary N) is 1. The van der Waals surface area contributed by atoms with Crippen molar-refractivity contribution in [2.75, 3.05) is 18.3 Å². The van der Waals surface area contributed by atoms with Crippen molar-refractivity contribution in [3.05, 3.63) is 47.5 Å². The molecule has 0 spiro atoms. The fraction of sp³-hybridized carbons (Fsp3) is 0.450. The average molecular weight is 498 g/mol. The van der Waals surface area contributed by atoms with Crippen molar-refractivity contribution in [3.63, 3.8) is 0 Å². The van der Waals surface area contributed by atoms with E-state index in [-0.39, 0.29) is 23.9 Å². The van der Waals surface area contributed by atoms with Crippen LogP contribution in [0.2, 0.25) is 5.28 Å². The van der Waals surface area contributed by atoms with Gasteiger partial charge in [0.1, 0.15) is 12.5 Å². The summed E-state index contributed by atoms with van der Waals surface area (Å²) >= 11 is 6.19. The van der Waals surface area contributed by atoms with Crippen LogP contribution in [0.1, 0.15) is 31.7 Å². The fourth-order valence-electron chi connectivity index (χ4n) is 3.78. The van der Waals surface area contributed by atoms with Gasteiger partial charge in [-0.05, 0) is 24.1 Å². The van der Waals surface area contributed by atoms with Gasteiger partial charge in [-0.1, -0.05) is 37.3 Å². The molecule has 1 saturated heterocycles. The third-order valence-corrected chi connectivity index (χ3v) is 6.28.